The number of fused-ring (bicyclic) bond motifs is 1. The van der Waals surface area contributed by atoms with E-state index in [1.807, 2.05) is 6.92 Å². The molecule has 0 spiro atoms. The van der Waals surface area contributed by atoms with Crippen LogP contribution in [-0.2, 0) is 11.3 Å². The lowest BCUT2D eigenvalue weighted by Gasteiger charge is -2.13. The number of hydrogen-bond acceptors (Lipinski definition) is 6. The normalized spacial score (nSPS) is 10.8. The van der Waals surface area contributed by atoms with E-state index in [9.17, 15) is 9.59 Å². The minimum absolute atomic E-state index is 0.105. The Balaban J connectivity index is 1.87. The van der Waals surface area contributed by atoms with Gasteiger partial charge in [-0.15, -0.1) is 0 Å². The molecule has 0 aliphatic rings. The molecule has 1 amide bonds. The molecule has 0 radical (unpaired) electrons. The molecule has 1 heterocycles. The van der Waals surface area contributed by atoms with Crippen LogP contribution in [-0.4, -0.2) is 35.4 Å². The van der Waals surface area contributed by atoms with E-state index in [0.29, 0.717) is 44.8 Å². The monoisotopic (exact) mass is 433 g/mol. The van der Waals surface area contributed by atoms with Crippen LogP contribution in [0.15, 0.2) is 46.3 Å². The molecule has 1 aromatic heterocycles. The number of aromatic nitrogens is 2. The zero-order valence-electron chi connectivity index (χ0n) is 16.2. The maximum absolute atomic E-state index is 12.9. The SMILES string of the molecule is CCn1c(SCC(=O)Nc2ccc(Cl)cc2)nc2cc(OC)c(OC)cc2c1=O. The second kappa shape index (κ2) is 9.19. The average Bonchev–Trinajstić information content (AvgIpc) is 2.73. The second-order valence-corrected chi connectivity index (χ2v) is 7.39. The molecule has 1 N–H and O–H groups in total. The van der Waals surface area contributed by atoms with E-state index < -0.39 is 0 Å². The molecule has 9 heteroatoms. The summed E-state index contributed by atoms with van der Waals surface area (Å²) in [7, 11) is 3.03. The number of hydrogen-bond donors (Lipinski definition) is 1. The summed E-state index contributed by atoms with van der Waals surface area (Å²) >= 11 is 7.05. The summed E-state index contributed by atoms with van der Waals surface area (Å²) in [6, 6.07) is 10.1. The number of nitrogens with one attached hydrogen (secondary N) is 1. The molecule has 152 valence electrons. The Labute approximate surface area is 177 Å². The van der Waals surface area contributed by atoms with Gasteiger partial charge < -0.3 is 14.8 Å². The molecule has 0 saturated heterocycles. The molecule has 0 bridgehead atoms. The second-order valence-electron chi connectivity index (χ2n) is 6.01. The van der Waals surface area contributed by atoms with E-state index >= 15 is 0 Å². The number of halogens is 1. The molecule has 0 aliphatic carbocycles. The number of ether oxygens (including phenoxy) is 2. The summed E-state index contributed by atoms with van der Waals surface area (Å²) < 4.78 is 12.1. The van der Waals surface area contributed by atoms with Crippen molar-refractivity contribution in [1.29, 1.82) is 0 Å². The number of rotatable bonds is 7. The van der Waals surface area contributed by atoms with Crippen molar-refractivity contribution in [2.75, 3.05) is 25.3 Å². The number of nitrogens with zero attached hydrogens (tertiary/aromatic N) is 2. The number of thioether (sulfide) groups is 1. The van der Waals surface area contributed by atoms with E-state index in [2.05, 4.69) is 10.3 Å². The molecule has 2 aromatic carbocycles. The highest BCUT2D eigenvalue weighted by atomic mass is 35.5. The predicted octanol–water partition coefficient (Wildman–Crippen LogP) is 3.82. The van der Waals surface area contributed by atoms with Crippen LogP contribution in [0.1, 0.15) is 6.92 Å². The summed E-state index contributed by atoms with van der Waals surface area (Å²) in [5.41, 5.74) is 0.938. The predicted molar refractivity (Wildman–Crippen MR) is 116 cm³/mol. The van der Waals surface area contributed by atoms with Gasteiger partial charge in [0.25, 0.3) is 5.56 Å². The van der Waals surface area contributed by atoms with Crippen LogP contribution in [0.4, 0.5) is 5.69 Å². The van der Waals surface area contributed by atoms with Gasteiger partial charge in [-0.3, -0.25) is 14.2 Å². The lowest BCUT2D eigenvalue weighted by atomic mass is 10.2. The van der Waals surface area contributed by atoms with Crippen LogP contribution >= 0.6 is 23.4 Å². The number of methoxy groups -OCH3 is 2. The Bertz CT molecular complexity index is 1100. The molecule has 0 atom stereocenters. The number of carbonyl (C=O) groups excluding carboxylic acids is 1. The maximum Gasteiger partial charge on any atom is 0.262 e. The number of benzene rings is 2. The number of amides is 1. The Hall–Kier alpha value is -2.71. The highest BCUT2D eigenvalue weighted by Crippen LogP contribution is 2.31. The molecule has 3 aromatic rings. The largest absolute Gasteiger partial charge is 0.493 e. The summed E-state index contributed by atoms with van der Waals surface area (Å²) in [4.78, 5) is 29.8. The highest BCUT2D eigenvalue weighted by Gasteiger charge is 2.15. The van der Waals surface area contributed by atoms with Gasteiger partial charge in [-0.1, -0.05) is 23.4 Å². The smallest absolute Gasteiger partial charge is 0.262 e. The first-order valence-electron chi connectivity index (χ1n) is 8.81. The van der Waals surface area contributed by atoms with Gasteiger partial charge in [0.2, 0.25) is 5.91 Å². The van der Waals surface area contributed by atoms with Gasteiger partial charge in [-0.2, -0.15) is 0 Å². The van der Waals surface area contributed by atoms with Crippen molar-refractivity contribution in [3.63, 3.8) is 0 Å². The number of anilines is 1. The molecule has 0 saturated carbocycles. The first kappa shape index (κ1) is 21.0. The summed E-state index contributed by atoms with van der Waals surface area (Å²) in [5, 5.41) is 4.28. The minimum Gasteiger partial charge on any atom is -0.493 e. The fourth-order valence-electron chi connectivity index (χ4n) is 2.78. The fourth-order valence-corrected chi connectivity index (χ4v) is 3.77. The van der Waals surface area contributed by atoms with Crippen molar-refractivity contribution in [1.82, 2.24) is 9.55 Å². The van der Waals surface area contributed by atoms with Crippen LogP contribution in [0.25, 0.3) is 10.9 Å². The first-order chi connectivity index (χ1) is 14.0. The van der Waals surface area contributed by atoms with Gasteiger partial charge in [0.05, 0.1) is 30.9 Å². The van der Waals surface area contributed by atoms with E-state index in [4.69, 9.17) is 21.1 Å². The third kappa shape index (κ3) is 4.65. The molecule has 29 heavy (non-hydrogen) atoms. The summed E-state index contributed by atoms with van der Waals surface area (Å²) in [6.45, 7) is 2.28. The Morgan fingerprint density at radius 1 is 1.17 bits per heavy atom. The summed E-state index contributed by atoms with van der Waals surface area (Å²) in [6.07, 6.45) is 0. The zero-order valence-corrected chi connectivity index (χ0v) is 17.8. The van der Waals surface area contributed by atoms with E-state index in [-0.39, 0.29) is 17.2 Å². The molecule has 0 fully saturated rings. The lowest BCUT2D eigenvalue weighted by Crippen LogP contribution is -2.23. The van der Waals surface area contributed by atoms with Crippen LogP contribution < -0.4 is 20.3 Å². The molecular formula is C20H20ClN3O4S. The topological polar surface area (TPSA) is 82.5 Å². The summed E-state index contributed by atoms with van der Waals surface area (Å²) in [5.74, 6) is 0.844. The van der Waals surface area contributed by atoms with Gasteiger partial charge in [0, 0.05) is 23.3 Å². The van der Waals surface area contributed by atoms with Gasteiger partial charge in [0.15, 0.2) is 16.7 Å². The van der Waals surface area contributed by atoms with Gasteiger partial charge in [-0.05, 0) is 37.3 Å². The van der Waals surface area contributed by atoms with E-state index in [1.165, 1.54) is 30.5 Å². The molecule has 3 rings (SSSR count). The van der Waals surface area contributed by atoms with Crippen LogP contribution in [0, 0.1) is 0 Å². The van der Waals surface area contributed by atoms with Crippen LogP contribution in [0.3, 0.4) is 0 Å². The minimum atomic E-state index is -0.207. The van der Waals surface area contributed by atoms with Gasteiger partial charge >= 0.3 is 0 Å². The van der Waals surface area contributed by atoms with Crippen LogP contribution in [0.5, 0.6) is 11.5 Å². The third-order valence-corrected chi connectivity index (χ3v) is 5.43. The first-order valence-corrected chi connectivity index (χ1v) is 10.2. The standard InChI is InChI=1S/C20H20ClN3O4S/c1-4-24-19(26)14-9-16(27-2)17(28-3)10-15(14)23-20(24)29-11-18(25)22-13-7-5-12(21)6-8-13/h5-10H,4,11H2,1-3H3,(H,22,25). The molecule has 7 nitrogen and oxygen atoms in total. The molecular weight excluding hydrogens is 414 g/mol. The van der Waals surface area contributed by atoms with Gasteiger partial charge in [-0.25, -0.2) is 4.98 Å². The lowest BCUT2D eigenvalue weighted by molar-refractivity contribution is -0.113. The molecule has 0 unspecified atom stereocenters. The third-order valence-electron chi connectivity index (χ3n) is 4.20. The van der Waals surface area contributed by atoms with Crippen molar-refractivity contribution < 1.29 is 14.3 Å². The van der Waals surface area contributed by atoms with Crippen molar-refractivity contribution in [2.24, 2.45) is 0 Å². The van der Waals surface area contributed by atoms with Crippen molar-refractivity contribution in [2.45, 2.75) is 18.6 Å². The maximum atomic E-state index is 12.9. The highest BCUT2D eigenvalue weighted by molar-refractivity contribution is 7.99. The average molecular weight is 434 g/mol. The van der Waals surface area contributed by atoms with Crippen LogP contribution in [0.2, 0.25) is 5.02 Å². The number of carbonyl (C=O) groups is 1. The van der Waals surface area contributed by atoms with E-state index in [1.54, 1.807) is 36.4 Å². The Morgan fingerprint density at radius 2 is 1.83 bits per heavy atom. The van der Waals surface area contributed by atoms with Crippen molar-refractivity contribution >= 4 is 45.9 Å². The fraction of sp³-hybridized carbons (Fsp3) is 0.250. The Kier molecular flexibility index (Phi) is 6.66. The zero-order chi connectivity index (χ0) is 21.0. The van der Waals surface area contributed by atoms with Crippen molar-refractivity contribution in [3.8, 4) is 11.5 Å². The molecule has 0 aliphatic heterocycles. The van der Waals surface area contributed by atoms with Crippen molar-refractivity contribution in [3.05, 3.63) is 51.8 Å². The van der Waals surface area contributed by atoms with E-state index in [0.717, 1.165) is 0 Å². The van der Waals surface area contributed by atoms with Gasteiger partial charge in [0.1, 0.15) is 0 Å². The quantitative estimate of drug-likeness (QED) is 0.450. The Morgan fingerprint density at radius 3 is 2.45 bits per heavy atom.